The molecule has 0 aliphatic heterocycles. The molecule has 48 heavy (non-hydrogen) atoms. The molecule has 5 aliphatic carbocycles. The second-order valence-corrected chi connectivity index (χ2v) is 14.1. The fourth-order valence-electron chi connectivity index (χ4n) is 8.49. The Morgan fingerprint density at radius 3 is 2.17 bits per heavy atom. The normalized spacial score (nSPS) is 28.4. The first-order valence-electron chi connectivity index (χ1n) is 17.4. The van der Waals surface area contributed by atoms with Gasteiger partial charge >= 0.3 is 0 Å². The highest BCUT2D eigenvalue weighted by Gasteiger charge is 2.60. The molecule has 3 saturated carbocycles. The summed E-state index contributed by atoms with van der Waals surface area (Å²) in [5.74, 6) is 1.98. The predicted octanol–water partition coefficient (Wildman–Crippen LogP) is 11.0. The second kappa shape index (κ2) is 11.2. The monoisotopic (exact) mass is 623 g/mol. The first-order valence-corrected chi connectivity index (χ1v) is 17.4. The third kappa shape index (κ3) is 4.72. The molecule has 5 aliphatic rings. The van der Waals surface area contributed by atoms with E-state index in [2.05, 4.69) is 179 Å². The molecule has 0 heterocycles. The lowest BCUT2D eigenvalue weighted by Gasteiger charge is -2.38. The number of para-hydroxylation sites is 3. The first kappa shape index (κ1) is 28.9. The van der Waals surface area contributed by atoms with E-state index in [1.165, 1.54) is 23.4 Å². The fraction of sp³-hybridized carbons (Fsp3) is 0.200. The average molecular weight is 624 g/mol. The zero-order chi connectivity index (χ0) is 32.3. The number of allylic oxidation sites excluding steroid dienone is 8. The number of benzene rings is 4. The SMILES string of the molecule is C=CC1(c2cc(N(C3=CC=CC4CC34)C34C=CC=CC3C4)ccc2Nc2ccccc2)CC1C(=C)N(c1ccccc1)c1ccccc1. The quantitative estimate of drug-likeness (QED) is 0.168. The van der Waals surface area contributed by atoms with Gasteiger partial charge in [0, 0.05) is 63.0 Å². The van der Waals surface area contributed by atoms with Crippen LogP contribution in [0.3, 0.4) is 0 Å². The molecule has 1 N–H and O–H groups in total. The minimum absolute atomic E-state index is 0.00411. The maximum absolute atomic E-state index is 4.80. The van der Waals surface area contributed by atoms with E-state index in [1.54, 1.807) is 0 Å². The largest absolute Gasteiger partial charge is 0.355 e. The highest BCUT2D eigenvalue weighted by atomic mass is 15.3. The first-order chi connectivity index (χ1) is 23.6. The molecule has 0 aromatic heterocycles. The van der Waals surface area contributed by atoms with E-state index < -0.39 is 0 Å². The summed E-state index contributed by atoms with van der Waals surface area (Å²) in [6, 6.07) is 38.9. The Morgan fingerprint density at radius 1 is 0.771 bits per heavy atom. The number of nitrogens with zero attached hydrogens (tertiary/aromatic N) is 2. The molecule has 0 radical (unpaired) electrons. The van der Waals surface area contributed by atoms with E-state index in [4.69, 9.17) is 6.58 Å². The zero-order valence-electron chi connectivity index (χ0n) is 27.3. The van der Waals surface area contributed by atoms with Gasteiger partial charge in [-0.2, -0.15) is 0 Å². The van der Waals surface area contributed by atoms with Crippen LogP contribution in [0.5, 0.6) is 0 Å². The lowest BCUT2D eigenvalue weighted by molar-refractivity contribution is 0.676. The van der Waals surface area contributed by atoms with Crippen LogP contribution in [0, 0.1) is 23.7 Å². The fourth-order valence-corrected chi connectivity index (χ4v) is 8.49. The summed E-state index contributed by atoms with van der Waals surface area (Å²) < 4.78 is 0. The molecular weight excluding hydrogens is 583 g/mol. The number of nitrogens with one attached hydrogen (secondary N) is 1. The van der Waals surface area contributed by atoms with E-state index in [0.717, 1.165) is 41.3 Å². The van der Waals surface area contributed by atoms with Crippen LogP contribution in [-0.4, -0.2) is 5.54 Å². The van der Waals surface area contributed by atoms with Gasteiger partial charge < -0.3 is 15.1 Å². The third-order valence-electron chi connectivity index (χ3n) is 11.3. The molecular formula is C45H41N3. The smallest absolute Gasteiger partial charge is 0.0703 e. The van der Waals surface area contributed by atoms with Crippen LogP contribution in [-0.2, 0) is 5.41 Å². The molecule has 6 unspecified atom stereocenters. The Labute approximate surface area is 284 Å². The number of hydrogen-bond donors (Lipinski definition) is 1. The molecule has 4 aromatic rings. The number of rotatable bonds is 11. The van der Waals surface area contributed by atoms with Gasteiger partial charge in [0.1, 0.15) is 0 Å². The van der Waals surface area contributed by atoms with Crippen molar-refractivity contribution in [3.05, 3.63) is 188 Å². The van der Waals surface area contributed by atoms with Crippen LogP contribution in [0.4, 0.5) is 28.4 Å². The van der Waals surface area contributed by atoms with E-state index in [-0.39, 0.29) is 16.9 Å². The summed E-state index contributed by atoms with van der Waals surface area (Å²) in [6.45, 7) is 9.31. The second-order valence-electron chi connectivity index (χ2n) is 14.1. The summed E-state index contributed by atoms with van der Waals surface area (Å²) in [6.07, 6.45) is 21.9. The van der Waals surface area contributed by atoms with Gasteiger partial charge in [0.25, 0.3) is 0 Å². The van der Waals surface area contributed by atoms with E-state index in [9.17, 15) is 0 Å². The van der Waals surface area contributed by atoms with Gasteiger partial charge in [-0.15, -0.1) is 6.58 Å². The highest BCUT2D eigenvalue weighted by Crippen LogP contribution is 2.64. The highest BCUT2D eigenvalue weighted by molar-refractivity contribution is 5.76. The van der Waals surface area contributed by atoms with Crippen LogP contribution in [0.1, 0.15) is 24.8 Å². The van der Waals surface area contributed by atoms with E-state index >= 15 is 0 Å². The number of anilines is 5. The zero-order valence-corrected chi connectivity index (χ0v) is 27.3. The molecule has 3 fully saturated rings. The van der Waals surface area contributed by atoms with Crippen molar-refractivity contribution in [2.45, 2.75) is 30.2 Å². The van der Waals surface area contributed by atoms with Crippen molar-refractivity contribution >= 4 is 28.4 Å². The molecule has 4 aromatic carbocycles. The molecule has 0 amide bonds. The van der Waals surface area contributed by atoms with Crippen LogP contribution in [0.25, 0.3) is 0 Å². The van der Waals surface area contributed by atoms with Gasteiger partial charge in [-0.05, 0) is 91.4 Å². The Bertz CT molecular complexity index is 1970. The van der Waals surface area contributed by atoms with Crippen LogP contribution in [0.2, 0.25) is 0 Å². The van der Waals surface area contributed by atoms with Gasteiger partial charge in [-0.1, -0.05) is 104 Å². The van der Waals surface area contributed by atoms with Crippen molar-refractivity contribution in [3.63, 3.8) is 0 Å². The molecule has 0 bridgehead atoms. The Balaban J connectivity index is 1.16. The van der Waals surface area contributed by atoms with Gasteiger partial charge in [0.15, 0.2) is 0 Å². The summed E-state index contributed by atoms with van der Waals surface area (Å²) in [5, 5.41) is 3.81. The minimum atomic E-state index is -0.274. The lowest BCUT2D eigenvalue weighted by Crippen LogP contribution is -2.39. The molecule has 6 atom stereocenters. The maximum atomic E-state index is 4.80. The molecule has 0 saturated heterocycles. The van der Waals surface area contributed by atoms with Crippen molar-refractivity contribution in [2.75, 3.05) is 15.1 Å². The summed E-state index contributed by atoms with van der Waals surface area (Å²) >= 11 is 0. The summed E-state index contributed by atoms with van der Waals surface area (Å²) in [7, 11) is 0. The van der Waals surface area contributed by atoms with Gasteiger partial charge in [0.05, 0.1) is 5.54 Å². The Hall–Kier alpha value is -5.28. The van der Waals surface area contributed by atoms with Crippen molar-refractivity contribution in [2.24, 2.45) is 23.7 Å². The summed E-state index contributed by atoms with van der Waals surface area (Å²) in [4.78, 5) is 5.03. The van der Waals surface area contributed by atoms with Crippen molar-refractivity contribution in [3.8, 4) is 0 Å². The van der Waals surface area contributed by atoms with E-state index in [1.807, 2.05) is 0 Å². The van der Waals surface area contributed by atoms with Gasteiger partial charge in [-0.25, -0.2) is 0 Å². The van der Waals surface area contributed by atoms with Crippen LogP contribution < -0.4 is 15.1 Å². The maximum Gasteiger partial charge on any atom is 0.0703 e. The summed E-state index contributed by atoms with van der Waals surface area (Å²) in [5.41, 5.74) is 9.25. The minimum Gasteiger partial charge on any atom is -0.355 e. The van der Waals surface area contributed by atoms with Gasteiger partial charge in [-0.3, -0.25) is 0 Å². The molecule has 3 heteroatoms. The molecule has 236 valence electrons. The van der Waals surface area contributed by atoms with Gasteiger partial charge in [0.2, 0.25) is 0 Å². The third-order valence-corrected chi connectivity index (χ3v) is 11.3. The lowest BCUT2D eigenvalue weighted by atomic mass is 9.89. The van der Waals surface area contributed by atoms with Crippen molar-refractivity contribution in [1.82, 2.24) is 0 Å². The standard InChI is InChI=1S/C45H41N3/c1-3-44(31-41(44)32(2)47(36-20-9-5-10-21-36)37-22-11-6-12-23-37)40-29-38(25-26-42(40)46-35-18-7-4-8-19-35)48(43-24-15-16-33-28-39(33)43)45-27-14-13-17-34(45)30-45/h3-27,29,33-34,39,41,46H,1-2,28,30-31H2. The van der Waals surface area contributed by atoms with E-state index in [0.29, 0.717) is 17.8 Å². The molecule has 9 rings (SSSR count). The Morgan fingerprint density at radius 2 is 1.48 bits per heavy atom. The van der Waals surface area contributed by atoms with Crippen molar-refractivity contribution in [1.29, 1.82) is 0 Å². The number of fused-ring (bicyclic) bond motifs is 2. The van der Waals surface area contributed by atoms with Crippen molar-refractivity contribution < 1.29 is 0 Å². The molecule has 0 spiro atoms. The predicted molar refractivity (Wildman–Crippen MR) is 201 cm³/mol. The molecule has 3 nitrogen and oxygen atoms in total. The Kier molecular flexibility index (Phi) is 6.72. The van der Waals surface area contributed by atoms with Crippen LogP contribution in [0.15, 0.2) is 182 Å². The number of hydrogen-bond acceptors (Lipinski definition) is 3. The van der Waals surface area contributed by atoms with Crippen LogP contribution >= 0.6 is 0 Å². The topological polar surface area (TPSA) is 18.5 Å². The average Bonchev–Trinajstić information content (AvgIpc) is 4.04.